The molecule has 2 heterocycles. The molecule has 6 heteroatoms. The van der Waals surface area contributed by atoms with E-state index in [0.29, 0.717) is 6.61 Å². The molecular formula is C16H22N2O3S. The summed E-state index contributed by atoms with van der Waals surface area (Å²) in [7, 11) is -2.57. The first-order valence-corrected chi connectivity index (χ1v) is 9.38. The number of rotatable bonds is 4. The van der Waals surface area contributed by atoms with Crippen LogP contribution < -0.4 is 0 Å². The topological polar surface area (TPSA) is 59.0 Å². The van der Waals surface area contributed by atoms with E-state index in [-0.39, 0.29) is 18.4 Å². The fraction of sp³-hybridized carbons (Fsp3) is 0.562. The zero-order valence-corrected chi connectivity index (χ0v) is 13.7. The van der Waals surface area contributed by atoms with Gasteiger partial charge in [0.2, 0.25) is 0 Å². The van der Waals surface area contributed by atoms with Gasteiger partial charge < -0.3 is 4.74 Å². The predicted molar refractivity (Wildman–Crippen MR) is 84.7 cm³/mol. The Morgan fingerprint density at radius 1 is 1.32 bits per heavy atom. The van der Waals surface area contributed by atoms with Crippen molar-refractivity contribution in [1.29, 1.82) is 0 Å². The summed E-state index contributed by atoms with van der Waals surface area (Å²) in [6, 6.07) is 7.27. The van der Waals surface area contributed by atoms with Gasteiger partial charge in [-0.1, -0.05) is 24.6 Å². The van der Waals surface area contributed by atoms with Crippen molar-refractivity contribution in [3.63, 3.8) is 0 Å². The lowest BCUT2D eigenvalue weighted by atomic mass is 10.1. The maximum Gasteiger partial charge on any atom is 0.308 e. The van der Waals surface area contributed by atoms with Crippen LogP contribution in [0.1, 0.15) is 44.2 Å². The van der Waals surface area contributed by atoms with Gasteiger partial charge in [-0.2, -0.15) is 0 Å². The summed E-state index contributed by atoms with van der Waals surface area (Å²) in [6.45, 7) is 3.76. The molecule has 0 bridgehead atoms. The van der Waals surface area contributed by atoms with Gasteiger partial charge in [-0.25, -0.2) is 12.9 Å². The molecule has 0 radical (unpaired) electrons. The second-order valence-electron chi connectivity index (χ2n) is 5.65. The van der Waals surface area contributed by atoms with E-state index in [1.54, 1.807) is 6.92 Å². The normalized spacial score (nSPS) is 28.0. The average Bonchev–Trinajstić information content (AvgIpc) is 2.83. The van der Waals surface area contributed by atoms with Crippen LogP contribution in [0.5, 0.6) is 0 Å². The molecule has 2 atom stereocenters. The Morgan fingerprint density at radius 2 is 2.05 bits per heavy atom. The molecule has 0 aromatic heterocycles. The number of nitrogens with zero attached hydrogens (tertiary/aromatic N) is 2. The Bertz CT molecular complexity index is 674. The third-order valence-corrected chi connectivity index (χ3v) is 6.72. The number of hydrogen-bond donors (Lipinski definition) is 0. The van der Waals surface area contributed by atoms with Gasteiger partial charge >= 0.3 is 5.97 Å². The first kappa shape index (κ1) is 15.5. The molecule has 3 rings (SSSR count). The molecule has 1 saturated heterocycles. The van der Waals surface area contributed by atoms with Crippen molar-refractivity contribution in [3.05, 3.63) is 29.8 Å². The first-order valence-electron chi connectivity index (χ1n) is 7.91. The number of hydrogen-bond acceptors (Lipinski definition) is 4. The van der Waals surface area contributed by atoms with Crippen molar-refractivity contribution in [2.75, 3.05) is 19.7 Å². The van der Waals surface area contributed by atoms with Gasteiger partial charge in [-0.05, 0) is 31.4 Å². The molecular weight excluding hydrogens is 300 g/mol. The van der Waals surface area contributed by atoms with Crippen LogP contribution in [0.4, 0.5) is 0 Å². The number of esters is 1. The quantitative estimate of drug-likeness (QED) is 0.801. The lowest BCUT2D eigenvalue weighted by Gasteiger charge is -2.28. The standard InChI is InChI=1S/C16H22N2O3S/c1-2-21-16(19)12-14-13-8-4-5-9-15(13)22(20,17-14)18-10-6-3-7-11-18/h4-5,8-9,14H,2-3,6-7,10-12H2,1H3. The number of benzene rings is 1. The van der Waals surface area contributed by atoms with Crippen molar-refractivity contribution in [3.8, 4) is 0 Å². The number of carbonyl (C=O) groups is 1. The number of carbonyl (C=O) groups excluding carboxylic acids is 1. The Balaban J connectivity index is 1.95. The molecule has 1 aromatic rings. The van der Waals surface area contributed by atoms with Crippen molar-refractivity contribution in [2.45, 2.75) is 43.5 Å². The zero-order chi connectivity index (χ0) is 15.6. The Morgan fingerprint density at radius 3 is 2.77 bits per heavy atom. The molecule has 5 nitrogen and oxygen atoms in total. The molecule has 1 fully saturated rings. The average molecular weight is 322 g/mol. The van der Waals surface area contributed by atoms with E-state index < -0.39 is 9.92 Å². The van der Waals surface area contributed by atoms with E-state index in [9.17, 15) is 9.00 Å². The molecule has 0 amide bonds. The fourth-order valence-electron chi connectivity index (χ4n) is 3.13. The smallest absolute Gasteiger partial charge is 0.308 e. The molecule has 2 unspecified atom stereocenters. The second-order valence-corrected chi connectivity index (χ2v) is 7.81. The van der Waals surface area contributed by atoms with Crippen LogP contribution in [0, 0.1) is 0 Å². The van der Waals surface area contributed by atoms with Crippen molar-refractivity contribution < 1.29 is 13.7 Å². The fourth-order valence-corrected chi connectivity index (χ4v) is 5.71. The molecule has 22 heavy (non-hydrogen) atoms. The highest BCUT2D eigenvalue weighted by Gasteiger charge is 2.36. The monoisotopic (exact) mass is 322 g/mol. The van der Waals surface area contributed by atoms with E-state index in [1.165, 1.54) is 6.42 Å². The van der Waals surface area contributed by atoms with Gasteiger partial charge in [0.05, 0.1) is 24.0 Å². The minimum atomic E-state index is -2.57. The molecule has 0 N–H and O–H groups in total. The third kappa shape index (κ3) is 2.77. The van der Waals surface area contributed by atoms with Crippen LogP contribution in [0.15, 0.2) is 33.5 Å². The first-order chi connectivity index (χ1) is 10.6. The van der Waals surface area contributed by atoms with Crippen LogP contribution in [0.25, 0.3) is 0 Å². The highest BCUT2D eigenvalue weighted by Crippen LogP contribution is 2.40. The predicted octanol–water partition coefficient (Wildman–Crippen LogP) is 2.92. The minimum Gasteiger partial charge on any atom is -0.466 e. The van der Waals surface area contributed by atoms with E-state index >= 15 is 0 Å². The summed E-state index contributed by atoms with van der Waals surface area (Å²) in [4.78, 5) is 12.6. The molecule has 2 aliphatic rings. The van der Waals surface area contributed by atoms with Gasteiger partial charge in [0, 0.05) is 13.1 Å². The van der Waals surface area contributed by atoms with Crippen molar-refractivity contribution in [2.24, 2.45) is 4.36 Å². The highest BCUT2D eigenvalue weighted by molar-refractivity contribution is 7.91. The highest BCUT2D eigenvalue weighted by atomic mass is 32.2. The summed E-state index contributed by atoms with van der Waals surface area (Å²) in [5.74, 6) is -0.284. The molecule has 0 spiro atoms. The maximum atomic E-state index is 13.5. The van der Waals surface area contributed by atoms with Crippen LogP contribution in [-0.4, -0.2) is 34.2 Å². The largest absolute Gasteiger partial charge is 0.466 e. The van der Waals surface area contributed by atoms with Crippen molar-refractivity contribution >= 4 is 15.9 Å². The lowest BCUT2D eigenvalue weighted by Crippen LogP contribution is -2.34. The number of fused-ring (bicyclic) bond motifs is 1. The molecule has 120 valence electrons. The van der Waals surface area contributed by atoms with Gasteiger partial charge in [-0.3, -0.25) is 4.79 Å². The molecule has 2 aliphatic heterocycles. The van der Waals surface area contributed by atoms with Crippen molar-refractivity contribution in [1.82, 2.24) is 4.31 Å². The second kappa shape index (κ2) is 6.38. The van der Waals surface area contributed by atoms with Gasteiger partial charge in [-0.15, -0.1) is 0 Å². The Kier molecular flexibility index (Phi) is 4.49. The summed E-state index contributed by atoms with van der Waals surface area (Å²) >= 11 is 0. The SMILES string of the molecule is CCOC(=O)CC1N=S(=O)(N2CCCCC2)c2ccccc21. The van der Waals surface area contributed by atoms with Gasteiger partial charge in [0.25, 0.3) is 0 Å². The van der Waals surface area contributed by atoms with E-state index in [1.807, 2.05) is 28.6 Å². The van der Waals surface area contributed by atoms with Gasteiger partial charge in [0.15, 0.2) is 0 Å². The zero-order valence-electron chi connectivity index (χ0n) is 12.9. The summed E-state index contributed by atoms with van der Waals surface area (Å²) in [5.41, 5.74) is 0.908. The van der Waals surface area contributed by atoms with E-state index in [2.05, 4.69) is 4.36 Å². The lowest BCUT2D eigenvalue weighted by molar-refractivity contribution is -0.143. The maximum absolute atomic E-state index is 13.5. The van der Waals surface area contributed by atoms with E-state index in [4.69, 9.17) is 4.74 Å². The van der Waals surface area contributed by atoms with Crippen LogP contribution >= 0.6 is 0 Å². The number of ether oxygens (including phenoxy) is 1. The Labute approximate surface area is 132 Å². The van der Waals surface area contributed by atoms with Crippen LogP contribution in [0.3, 0.4) is 0 Å². The summed E-state index contributed by atoms with van der Waals surface area (Å²) < 4.78 is 25.1. The summed E-state index contributed by atoms with van der Waals surface area (Å²) in [6.07, 6.45) is 3.45. The minimum absolute atomic E-state index is 0.162. The van der Waals surface area contributed by atoms with Gasteiger partial charge in [0.1, 0.15) is 9.92 Å². The third-order valence-electron chi connectivity index (χ3n) is 4.16. The number of piperidine rings is 1. The molecule has 0 aliphatic carbocycles. The molecule has 0 saturated carbocycles. The summed E-state index contributed by atoms with van der Waals surface area (Å²) in [5, 5.41) is 0. The molecule has 1 aromatic carbocycles. The van der Waals surface area contributed by atoms with E-state index in [0.717, 1.165) is 36.4 Å². The van der Waals surface area contributed by atoms with Crippen LogP contribution in [0.2, 0.25) is 0 Å². The van der Waals surface area contributed by atoms with Crippen LogP contribution in [-0.2, 0) is 19.4 Å². The Hall–Kier alpha value is -1.40.